The van der Waals surface area contributed by atoms with Gasteiger partial charge in [-0.15, -0.1) is 0 Å². The first-order valence-electron chi connectivity index (χ1n) is 10.9. The van der Waals surface area contributed by atoms with Gasteiger partial charge in [-0.1, -0.05) is 68.0 Å². The highest BCUT2D eigenvalue weighted by Crippen LogP contribution is 2.30. The minimum absolute atomic E-state index is 0.154. The maximum absolute atomic E-state index is 13.6. The van der Waals surface area contributed by atoms with E-state index in [0.29, 0.717) is 34.1 Å². The molecule has 0 bridgehead atoms. The Bertz CT molecular complexity index is 1360. The Balaban J connectivity index is 1.82. The number of para-hydroxylation sites is 2. The summed E-state index contributed by atoms with van der Waals surface area (Å²) in [5.74, 6) is 0.965. The molecule has 7 nitrogen and oxygen atoms in total. The van der Waals surface area contributed by atoms with Gasteiger partial charge < -0.3 is 9.84 Å². The first-order valence-corrected chi connectivity index (χ1v) is 11.8. The number of hydrogen-bond donors (Lipinski definition) is 1. The van der Waals surface area contributed by atoms with Crippen molar-refractivity contribution in [1.82, 2.24) is 14.7 Å². The van der Waals surface area contributed by atoms with Crippen molar-refractivity contribution in [2.45, 2.75) is 50.4 Å². The van der Waals surface area contributed by atoms with Gasteiger partial charge in [0.2, 0.25) is 5.91 Å². The number of nitrogens with zero attached hydrogens (tertiary/aromatic N) is 3. The van der Waals surface area contributed by atoms with Crippen LogP contribution in [-0.4, -0.2) is 25.9 Å². The molecule has 1 unspecified atom stereocenters. The molecule has 0 fully saturated rings. The number of thioether (sulfide) groups is 1. The summed E-state index contributed by atoms with van der Waals surface area (Å²) in [6.45, 7) is 7.87. The van der Waals surface area contributed by atoms with Crippen molar-refractivity contribution in [3.05, 3.63) is 76.3 Å². The highest BCUT2D eigenvalue weighted by atomic mass is 32.2. The molecule has 1 amide bonds. The van der Waals surface area contributed by atoms with Crippen LogP contribution in [-0.2, 0) is 4.79 Å². The fraction of sp³-hybridized carbons (Fsp3) is 0.280. The Kier molecular flexibility index (Phi) is 6.65. The molecule has 4 aromatic rings. The van der Waals surface area contributed by atoms with Crippen molar-refractivity contribution in [2.75, 3.05) is 5.32 Å². The van der Waals surface area contributed by atoms with Crippen molar-refractivity contribution < 1.29 is 9.32 Å². The number of aryl methyl sites for hydroxylation is 1. The summed E-state index contributed by atoms with van der Waals surface area (Å²) in [4.78, 5) is 31.5. The Morgan fingerprint density at radius 3 is 2.58 bits per heavy atom. The summed E-state index contributed by atoms with van der Waals surface area (Å²) >= 11 is 1.28. The van der Waals surface area contributed by atoms with Gasteiger partial charge in [-0.2, -0.15) is 0 Å². The van der Waals surface area contributed by atoms with Crippen LogP contribution in [0.2, 0.25) is 0 Å². The second-order valence-corrected chi connectivity index (χ2v) is 9.26. The number of fused-ring (bicyclic) bond motifs is 1. The van der Waals surface area contributed by atoms with Crippen molar-refractivity contribution >= 4 is 34.4 Å². The molecule has 1 atom stereocenters. The van der Waals surface area contributed by atoms with Gasteiger partial charge in [0.25, 0.3) is 5.56 Å². The van der Waals surface area contributed by atoms with E-state index in [4.69, 9.17) is 9.51 Å². The van der Waals surface area contributed by atoms with Gasteiger partial charge in [0.1, 0.15) is 5.76 Å². The molecule has 2 aromatic heterocycles. The number of anilines is 1. The van der Waals surface area contributed by atoms with Gasteiger partial charge in [-0.3, -0.25) is 14.2 Å². The SMILES string of the molecule is CCC(Sc1nc2ccccc2c(=O)n1-c1ccccc1C(C)C)C(=O)Nc1cc(C)on1. The van der Waals surface area contributed by atoms with Crippen molar-refractivity contribution in [3.8, 4) is 5.69 Å². The predicted molar refractivity (Wildman–Crippen MR) is 131 cm³/mol. The number of aromatic nitrogens is 3. The first kappa shape index (κ1) is 22.8. The number of carbonyl (C=O) groups excluding carboxylic acids is 1. The molecular formula is C25H26N4O3S. The molecule has 1 N–H and O–H groups in total. The normalized spacial score (nSPS) is 12.3. The molecule has 0 aliphatic carbocycles. The standard InChI is InChI=1S/C25H26N4O3S/c1-5-21(23(30)27-22-14-16(4)32-28-22)33-25-26-19-12-8-6-11-18(19)24(31)29(25)20-13-9-7-10-17(20)15(2)3/h6-15,21H,5H2,1-4H3,(H,27,28,30). The van der Waals surface area contributed by atoms with Gasteiger partial charge in [0, 0.05) is 6.07 Å². The van der Waals surface area contributed by atoms with E-state index in [2.05, 4.69) is 24.3 Å². The second kappa shape index (κ2) is 9.62. The predicted octanol–water partition coefficient (Wildman–Crippen LogP) is 5.31. The first-order chi connectivity index (χ1) is 15.9. The van der Waals surface area contributed by atoms with E-state index in [1.165, 1.54) is 11.8 Å². The quantitative estimate of drug-likeness (QED) is 0.295. The number of rotatable bonds is 7. The molecule has 2 aromatic carbocycles. The van der Waals surface area contributed by atoms with Crippen LogP contribution < -0.4 is 10.9 Å². The zero-order chi connectivity index (χ0) is 23.5. The van der Waals surface area contributed by atoms with E-state index in [9.17, 15) is 9.59 Å². The molecule has 170 valence electrons. The molecule has 0 radical (unpaired) electrons. The van der Waals surface area contributed by atoms with Gasteiger partial charge in [0.05, 0.1) is 21.8 Å². The summed E-state index contributed by atoms with van der Waals surface area (Å²) in [6, 6.07) is 16.8. The average molecular weight is 463 g/mol. The molecule has 8 heteroatoms. The van der Waals surface area contributed by atoms with Gasteiger partial charge in [0.15, 0.2) is 11.0 Å². The van der Waals surface area contributed by atoms with Gasteiger partial charge in [-0.25, -0.2) is 4.98 Å². The number of hydrogen-bond acceptors (Lipinski definition) is 6. The Morgan fingerprint density at radius 2 is 1.88 bits per heavy atom. The molecule has 0 saturated heterocycles. The molecule has 2 heterocycles. The van der Waals surface area contributed by atoms with Crippen molar-refractivity contribution in [1.29, 1.82) is 0 Å². The third kappa shape index (κ3) is 4.71. The summed E-state index contributed by atoms with van der Waals surface area (Å²) in [7, 11) is 0. The highest BCUT2D eigenvalue weighted by molar-refractivity contribution is 8.00. The van der Waals surface area contributed by atoms with Crippen LogP contribution in [0.1, 0.15) is 44.4 Å². The molecule has 0 saturated carbocycles. The lowest BCUT2D eigenvalue weighted by molar-refractivity contribution is -0.115. The minimum Gasteiger partial charge on any atom is -0.360 e. The molecule has 0 spiro atoms. The smallest absolute Gasteiger partial charge is 0.266 e. The van der Waals surface area contributed by atoms with Crippen LogP contribution in [0.4, 0.5) is 5.82 Å². The number of benzene rings is 2. The van der Waals surface area contributed by atoms with E-state index >= 15 is 0 Å². The molecule has 4 rings (SSSR count). The van der Waals surface area contributed by atoms with E-state index < -0.39 is 5.25 Å². The Labute approximate surface area is 196 Å². The number of amides is 1. The van der Waals surface area contributed by atoms with E-state index in [0.717, 1.165) is 11.3 Å². The third-order valence-electron chi connectivity index (χ3n) is 5.33. The molecular weight excluding hydrogens is 436 g/mol. The maximum atomic E-state index is 13.6. The fourth-order valence-electron chi connectivity index (χ4n) is 3.66. The lowest BCUT2D eigenvalue weighted by atomic mass is 10.0. The molecule has 0 aliphatic heterocycles. The summed E-state index contributed by atoms with van der Waals surface area (Å²) in [6.07, 6.45) is 0.544. The second-order valence-electron chi connectivity index (χ2n) is 8.09. The van der Waals surface area contributed by atoms with E-state index in [1.54, 1.807) is 23.6 Å². The lowest BCUT2D eigenvalue weighted by Gasteiger charge is -2.20. The molecule has 0 aliphatic rings. The lowest BCUT2D eigenvalue weighted by Crippen LogP contribution is -2.28. The van der Waals surface area contributed by atoms with Crippen LogP contribution in [0, 0.1) is 6.92 Å². The number of carbonyl (C=O) groups is 1. The van der Waals surface area contributed by atoms with E-state index in [-0.39, 0.29) is 17.4 Å². The zero-order valence-corrected chi connectivity index (χ0v) is 19.8. The van der Waals surface area contributed by atoms with Crippen LogP contribution >= 0.6 is 11.8 Å². The van der Waals surface area contributed by atoms with Crippen LogP contribution in [0.15, 0.2) is 69.1 Å². The van der Waals surface area contributed by atoms with Gasteiger partial charge in [-0.05, 0) is 43.0 Å². The maximum Gasteiger partial charge on any atom is 0.266 e. The van der Waals surface area contributed by atoms with Crippen LogP contribution in [0.3, 0.4) is 0 Å². The monoisotopic (exact) mass is 462 g/mol. The van der Waals surface area contributed by atoms with Crippen LogP contribution in [0.25, 0.3) is 16.6 Å². The largest absolute Gasteiger partial charge is 0.360 e. The van der Waals surface area contributed by atoms with E-state index in [1.807, 2.05) is 49.4 Å². The number of nitrogens with one attached hydrogen (secondary N) is 1. The summed E-state index contributed by atoms with van der Waals surface area (Å²) < 4.78 is 6.68. The average Bonchev–Trinajstić information content (AvgIpc) is 3.21. The zero-order valence-electron chi connectivity index (χ0n) is 19.0. The fourth-order valence-corrected chi connectivity index (χ4v) is 4.69. The minimum atomic E-state index is -0.479. The van der Waals surface area contributed by atoms with Crippen molar-refractivity contribution in [2.24, 2.45) is 0 Å². The van der Waals surface area contributed by atoms with Crippen molar-refractivity contribution in [3.63, 3.8) is 0 Å². The topological polar surface area (TPSA) is 90.0 Å². The summed E-state index contributed by atoms with van der Waals surface area (Å²) in [5.41, 5.74) is 2.26. The highest BCUT2D eigenvalue weighted by Gasteiger charge is 2.24. The summed E-state index contributed by atoms with van der Waals surface area (Å²) in [5, 5.41) is 7.17. The van der Waals surface area contributed by atoms with Crippen LogP contribution in [0.5, 0.6) is 0 Å². The Morgan fingerprint density at radius 1 is 1.15 bits per heavy atom. The molecule has 33 heavy (non-hydrogen) atoms. The Hall–Kier alpha value is -3.39. The van der Waals surface area contributed by atoms with Gasteiger partial charge >= 0.3 is 0 Å². The third-order valence-corrected chi connectivity index (χ3v) is 6.65.